The molecule has 2 fully saturated rings. The minimum absolute atomic E-state index is 0.0366. The molecule has 1 aromatic carbocycles. The van der Waals surface area contributed by atoms with Gasteiger partial charge in [-0.05, 0) is 49.3 Å². The molecule has 0 unspecified atom stereocenters. The number of aromatic nitrogens is 2. The van der Waals surface area contributed by atoms with Crippen molar-refractivity contribution >= 4 is 23.5 Å². The van der Waals surface area contributed by atoms with Gasteiger partial charge in [0.25, 0.3) is 5.91 Å². The summed E-state index contributed by atoms with van der Waals surface area (Å²) in [5.41, 5.74) is 1.41. The smallest absolute Gasteiger partial charge is 0.315 e. The molecule has 2 aromatic rings. The van der Waals surface area contributed by atoms with Gasteiger partial charge in [0.15, 0.2) is 0 Å². The second-order valence-corrected chi connectivity index (χ2v) is 8.79. The van der Waals surface area contributed by atoms with Gasteiger partial charge in [0, 0.05) is 36.5 Å². The lowest BCUT2D eigenvalue weighted by Crippen LogP contribution is -2.50. The van der Waals surface area contributed by atoms with Crippen molar-refractivity contribution in [2.24, 2.45) is 5.92 Å². The summed E-state index contributed by atoms with van der Waals surface area (Å²) in [7, 11) is 0. The summed E-state index contributed by atoms with van der Waals surface area (Å²) >= 11 is 6.20. The van der Waals surface area contributed by atoms with E-state index in [2.05, 4.69) is 20.6 Å². The first kappa shape index (κ1) is 21.6. The number of benzene rings is 1. The molecule has 164 valence electrons. The molecule has 1 saturated heterocycles. The Hall–Kier alpha value is -2.67. The second kappa shape index (κ2) is 10.1. The van der Waals surface area contributed by atoms with E-state index in [0.717, 1.165) is 18.4 Å². The molecule has 2 N–H and O–H groups in total. The molecule has 0 bridgehead atoms. The van der Waals surface area contributed by atoms with E-state index in [1.807, 2.05) is 24.3 Å². The van der Waals surface area contributed by atoms with Crippen LogP contribution in [0.3, 0.4) is 0 Å². The largest absolute Gasteiger partial charge is 0.337 e. The molecule has 4 rings (SSSR count). The van der Waals surface area contributed by atoms with Crippen LogP contribution in [0.25, 0.3) is 0 Å². The molecule has 31 heavy (non-hydrogen) atoms. The zero-order valence-electron chi connectivity index (χ0n) is 17.5. The number of nitrogens with zero attached hydrogens (tertiary/aromatic N) is 3. The van der Waals surface area contributed by atoms with E-state index in [1.165, 1.54) is 25.2 Å². The highest BCUT2D eigenvalue weighted by Crippen LogP contribution is 2.36. The van der Waals surface area contributed by atoms with Crippen molar-refractivity contribution < 1.29 is 9.59 Å². The normalized spacial score (nSPS) is 18.5. The van der Waals surface area contributed by atoms with Gasteiger partial charge in [-0.25, -0.2) is 9.78 Å². The van der Waals surface area contributed by atoms with E-state index in [0.29, 0.717) is 42.6 Å². The first-order valence-corrected chi connectivity index (χ1v) is 11.4. The number of halogens is 1. The van der Waals surface area contributed by atoms with Crippen LogP contribution in [0.15, 0.2) is 42.9 Å². The number of piperidine rings is 1. The first-order chi connectivity index (χ1) is 15.1. The summed E-state index contributed by atoms with van der Waals surface area (Å²) in [5.74, 6) is 0.314. The van der Waals surface area contributed by atoms with Crippen molar-refractivity contribution in [3.8, 4) is 0 Å². The predicted molar refractivity (Wildman–Crippen MR) is 119 cm³/mol. The third kappa shape index (κ3) is 5.53. The summed E-state index contributed by atoms with van der Waals surface area (Å²) in [4.78, 5) is 35.2. The fourth-order valence-corrected chi connectivity index (χ4v) is 4.83. The average Bonchev–Trinajstić information content (AvgIpc) is 3.33. The lowest BCUT2D eigenvalue weighted by molar-refractivity contribution is 0.0701. The van der Waals surface area contributed by atoms with E-state index < -0.39 is 0 Å². The highest BCUT2D eigenvalue weighted by Gasteiger charge is 2.30. The molecular formula is C23H28ClN5O2. The van der Waals surface area contributed by atoms with Gasteiger partial charge in [-0.3, -0.25) is 9.78 Å². The molecule has 0 radical (unpaired) electrons. The third-order valence-corrected chi connectivity index (χ3v) is 6.50. The molecule has 8 heteroatoms. The zero-order valence-corrected chi connectivity index (χ0v) is 18.2. The molecule has 7 nitrogen and oxygen atoms in total. The van der Waals surface area contributed by atoms with Gasteiger partial charge in [-0.15, -0.1) is 0 Å². The average molecular weight is 442 g/mol. The predicted octanol–water partition coefficient (Wildman–Crippen LogP) is 3.97. The number of nitrogens with one attached hydrogen (secondary N) is 2. The highest BCUT2D eigenvalue weighted by atomic mass is 35.5. The Morgan fingerprint density at radius 3 is 2.55 bits per heavy atom. The van der Waals surface area contributed by atoms with Crippen LogP contribution in [0.5, 0.6) is 0 Å². The van der Waals surface area contributed by atoms with Gasteiger partial charge in [-0.1, -0.05) is 36.6 Å². The maximum absolute atomic E-state index is 12.8. The fourth-order valence-electron chi connectivity index (χ4n) is 4.63. The van der Waals surface area contributed by atoms with Gasteiger partial charge < -0.3 is 15.5 Å². The fraction of sp³-hybridized carbons (Fsp3) is 0.478. The van der Waals surface area contributed by atoms with Gasteiger partial charge >= 0.3 is 6.03 Å². The van der Waals surface area contributed by atoms with Crippen LogP contribution in [0.4, 0.5) is 4.79 Å². The molecule has 1 saturated carbocycles. The Bertz CT molecular complexity index is 896. The Kier molecular flexibility index (Phi) is 7.02. The topological polar surface area (TPSA) is 87.2 Å². The molecule has 2 aliphatic rings. The first-order valence-electron chi connectivity index (χ1n) is 11.0. The third-order valence-electron chi connectivity index (χ3n) is 6.27. The Morgan fingerprint density at radius 2 is 1.87 bits per heavy atom. The number of hydrogen-bond donors (Lipinski definition) is 2. The monoisotopic (exact) mass is 441 g/mol. The lowest BCUT2D eigenvalue weighted by atomic mass is 9.91. The van der Waals surface area contributed by atoms with E-state index in [1.54, 1.807) is 11.1 Å². The molecule has 0 spiro atoms. The quantitative estimate of drug-likeness (QED) is 0.735. The molecule has 2 heterocycles. The Morgan fingerprint density at radius 1 is 1.10 bits per heavy atom. The molecule has 1 aliphatic heterocycles. The SMILES string of the molecule is O=C(NC1CCN(C(=O)c2cnccn2)CC1)N[C@H](c1cccc(Cl)c1)C1CCCC1. The van der Waals surface area contributed by atoms with Crippen molar-refractivity contribution in [1.82, 2.24) is 25.5 Å². The summed E-state index contributed by atoms with van der Waals surface area (Å²) in [6.45, 7) is 1.17. The number of carbonyl (C=O) groups is 2. The van der Waals surface area contributed by atoms with Gasteiger partial charge in [0.1, 0.15) is 5.69 Å². The van der Waals surface area contributed by atoms with E-state index in [-0.39, 0.29) is 24.0 Å². The van der Waals surface area contributed by atoms with Gasteiger partial charge in [0.05, 0.1) is 12.2 Å². The van der Waals surface area contributed by atoms with Crippen LogP contribution in [0.1, 0.15) is 60.6 Å². The van der Waals surface area contributed by atoms with Crippen molar-refractivity contribution in [3.63, 3.8) is 0 Å². The molecular weight excluding hydrogens is 414 g/mol. The van der Waals surface area contributed by atoms with E-state index in [4.69, 9.17) is 11.6 Å². The standard InChI is InChI=1S/C23H28ClN5O2/c24-18-7-3-6-17(14-18)21(16-4-1-2-5-16)28-23(31)27-19-8-12-29(13-9-19)22(30)20-15-25-10-11-26-20/h3,6-7,10-11,14-16,19,21H,1-2,4-5,8-9,12-13H2,(H2,27,28,31)/t21-/m0/s1. The number of rotatable bonds is 5. The molecule has 1 aromatic heterocycles. The van der Waals surface area contributed by atoms with Crippen molar-refractivity contribution in [1.29, 1.82) is 0 Å². The van der Waals surface area contributed by atoms with Gasteiger partial charge in [0.2, 0.25) is 0 Å². The van der Waals surface area contributed by atoms with Crippen LogP contribution < -0.4 is 10.6 Å². The lowest BCUT2D eigenvalue weighted by Gasteiger charge is -2.33. The minimum Gasteiger partial charge on any atom is -0.337 e. The number of hydrogen-bond acceptors (Lipinski definition) is 4. The summed E-state index contributed by atoms with van der Waals surface area (Å²) in [5, 5.41) is 6.99. The van der Waals surface area contributed by atoms with Crippen LogP contribution in [-0.2, 0) is 0 Å². The summed E-state index contributed by atoms with van der Waals surface area (Å²) in [6, 6.07) is 7.60. The molecule has 3 amide bonds. The van der Waals surface area contributed by atoms with Crippen molar-refractivity contribution in [2.75, 3.05) is 13.1 Å². The number of amides is 3. The number of likely N-dealkylation sites (tertiary alicyclic amines) is 1. The summed E-state index contributed by atoms with van der Waals surface area (Å²) in [6.07, 6.45) is 10.6. The second-order valence-electron chi connectivity index (χ2n) is 8.35. The summed E-state index contributed by atoms with van der Waals surface area (Å²) < 4.78 is 0. The van der Waals surface area contributed by atoms with Crippen LogP contribution >= 0.6 is 11.6 Å². The van der Waals surface area contributed by atoms with E-state index in [9.17, 15) is 9.59 Å². The zero-order chi connectivity index (χ0) is 21.6. The number of urea groups is 1. The van der Waals surface area contributed by atoms with Gasteiger partial charge in [-0.2, -0.15) is 0 Å². The van der Waals surface area contributed by atoms with E-state index >= 15 is 0 Å². The maximum atomic E-state index is 12.8. The number of carbonyl (C=O) groups excluding carboxylic acids is 2. The van der Waals surface area contributed by atoms with Crippen LogP contribution in [0.2, 0.25) is 5.02 Å². The Labute approximate surface area is 187 Å². The maximum Gasteiger partial charge on any atom is 0.315 e. The van der Waals surface area contributed by atoms with Crippen molar-refractivity contribution in [3.05, 3.63) is 59.1 Å². The molecule has 1 aliphatic carbocycles. The minimum atomic E-state index is -0.157. The van der Waals surface area contributed by atoms with Crippen molar-refractivity contribution in [2.45, 2.75) is 50.6 Å². The molecule has 1 atom stereocenters. The highest BCUT2D eigenvalue weighted by molar-refractivity contribution is 6.30. The Balaban J connectivity index is 1.32. The van der Waals surface area contributed by atoms with Crippen LogP contribution in [-0.4, -0.2) is 45.9 Å². The van der Waals surface area contributed by atoms with Crippen LogP contribution in [0, 0.1) is 5.92 Å².